The second kappa shape index (κ2) is 8.37. The quantitative estimate of drug-likeness (QED) is 0.688. The van der Waals surface area contributed by atoms with Gasteiger partial charge in [0.25, 0.3) is 0 Å². The summed E-state index contributed by atoms with van der Waals surface area (Å²) in [6, 6.07) is 8.56. The van der Waals surface area contributed by atoms with Crippen LogP contribution in [0.3, 0.4) is 0 Å². The molecule has 1 aromatic rings. The molecule has 1 nitrogen and oxygen atoms in total. The summed E-state index contributed by atoms with van der Waals surface area (Å²) in [5, 5.41) is 10.5. The summed E-state index contributed by atoms with van der Waals surface area (Å²) in [5.74, 6) is 1.08. The first kappa shape index (κ1) is 16.2. The number of rotatable bonds is 8. The Balaban J connectivity index is 2.67. The first-order valence-corrected chi connectivity index (χ1v) is 7.85. The minimum absolute atomic E-state index is 0.301. The van der Waals surface area contributed by atoms with E-state index in [1.807, 2.05) is 0 Å². The summed E-state index contributed by atoms with van der Waals surface area (Å²) in [6.07, 6.45) is 5.40. The van der Waals surface area contributed by atoms with Crippen molar-refractivity contribution in [2.24, 2.45) is 11.8 Å². The molecule has 2 unspecified atom stereocenters. The van der Waals surface area contributed by atoms with Crippen LogP contribution in [0.4, 0.5) is 0 Å². The van der Waals surface area contributed by atoms with Crippen molar-refractivity contribution in [2.75, 3.05) is 0 Å². The van der Waals surface area contributed by atoms with Crippen molar-refractivity contribution in [3.05, 3.63) is 35.4 Å². The Morgan fingerprint density at radius 2 is 1.68 bits per heavy atom. The molecule has 0 amide bonds. The van der Waals surface area contributed by atoms with Crippen molar-refractivity contribution in [3.63, 3.8) is 0 Å². The van der Waals surface area contributed by atoms with Gasteiger partial charge in [-0.1, -0.05) is 71.2 Å². The van der Waals surface area contributed by atoms with E-state index in [0.717, 1.165) is 24.8 Å². The van der Waals surface area contributed by atoms with Crippen molar-refractivity contribution in [1.82, 2.24) is 0 Å². The third-order valence-corrected chi connectivity index (χ3v) is 3.86. The molecule has 1 aromatic carbocycles. The highest BCUT2D eigenvalue weighted by molar-refractivity contribution is 5.24. The summed E-state index contributed by atoms with van der Waals surface area (Å²) >= 11 is 0. The molecule has 1 N–H and O–H groups in total. The number of unbranched alkanes of at least 4 members (excludes halogenated alkanes) is 1. The van der Waals surface area contributed by atoms with Crippen LogP contribution < -0.4 is 0 Å². The molecular weight excluding hydrogens is 232 g/mol. The molecule has 0 fully saturated rings. The summed E-state index contributed by atoms with van der Waals surface area (Å²) in [4.78, 5) is 0. The van der Waals surface area contributed by atoms with Gasteiger partial charge in [0.15, 0.2) is 0 Å². The van der Waals surface area contributed by atoms with Gasteiger partial charge in [-0.2, -0.15) is 0 Å². The van der Waals surface area contributed by atoms with Gasteiger partial charge in [0.1, 0.15) is 0 Å². The van der Waals surface area contributed by atoms with Crippen molar-refractivity contribution in [1.29, 1.82) is 0 Å². The molecule has 0 aliphatic heterocycles. The molecule has 1 heteroatoms. The molecule has 108 valence electrons. The van der Waals surface area contributed by atoms with Crippen molar-refractivity contribution in [3.8, 4) is 0 Å². The van der Waals surface area contributed by atoms with E-state index >= 15 is 0 Å². The van der Waals surface area contributed by atoms with E-state index in [0.29, 0.717) is 11.8 Å². The lowest BCUT2D eigenvalue weighted by Gasteiger charge is -2.22. The van der Waals surface area contributed by atoms with Gasteiger partial charge in [0, 0.05) is 0 Å². The Morgan fingerprint density at radius 3 is 2.16 bits per heavy atom. The van der Waals surface area contributed by atoms with E-state index in [-0.39, 0.29) is 6.10 Å². The molecule has 1 rings (SSSR count). The van der Waals surface area contributed by atoms with Crippen LogP contribution in [-0.2, 0) is 6.42 Å². The van der Waals surface area contributed by atoms with E-state index in [1.54, 1.807) is 0 Å². The van der Waals surface area contributed by atoms with E-state index in [9.17, 15) is 5.11 Å². The highest BCUT2D eigenvalue weighted by atomic mass is 16.3. The molecule has 0 bridgehead atoms. The van der Waals surface area contributed by atoms with E-state index in [2.05, 4.69) is 52.0 Å². The molecule has 0 aromatic heterocycles. The van der Waals surface area contributed by atoms with Gasteiger partial charge in [0.05, 0.1) is 6.10 Å². The zero-order chi connectivity index (χ0) is 14.3. The van der Waals surface area contributed by atoms with Crippen LogP contribution in [0, 0.1) is 11.8 Å². The summed E-state index contributed by atoms with van der Waals surface area (Å²) in [7, 11) is 0. The maximum absolute atomic E-state index is 10.5. The summed E-state index contributed by atoms with van der Waals surface area (Å²) in [5.41, 5.74) is 2.45. The van der Waals surface area contributed by atoms with Gasteiger partial charge in [-0.3, -0.25) is 0 Å². The van der Waals surface area contributed by atoms with Crippen LogP contribution in [-0.4, -0.2) is 5.11 Å². The Morgan fingerprint density at radius 1 is 1.05 bits per heavy atom. The van der Waals surface area contributed by atoms with Crippen molar-refractivity contribution < 1.29 is 5.11 Å². The maximum Gasteiger partial charge on any atom is 0.0818 e. The summed E-state index contributed by atoms with van der Waals surface area (Å²) < 4.78 is 0. The van der Waals surface area contributed by atoms with E-state index in [1.165, 1.54) is 18.4 Å². The van der Waals surface area contributed by atoms with Crippen molar-refractivity contribution in [2.45, 2.75) is 65.9 Å². The number of hydrogen-bond acceptors (Lipinski definition) is 1. The smallest absolute Gasteiger partial charge is 0.0818 e. The van der Waals surface area contributed by atoms with Crippen molar-refractivity contribution >= 4 is 0 Å². The lowest BCUT2D eigenvalue weighted by atomic mass is 9.88. The second-order valence-electron chi connectivity index (χ2n) is 6.09. The average molecular weight is 262 g/mol. The first-order chi connectivity index (χ1) is 9.08. The monoisotopic (exact) mass is 262 g/mol. The first-order valence-electron chi connectivity index (χ1n) is 7.85. The molecule has 0 spiro atoms. The maximum atomic E-state index is 10.5. The Bertz CT molecular complexity index is 339. The SMILES string of the molecule is CCCCC(CC)C(O)c1ccc(CC(C)C)cc1. The third kappa shape index (κ3) is 5.36. The minimum Gasteiger partial charge on any atom is -0.388 e. The van der Waals surface area contributed by atoms with Crippen LogP contribution in [0.25, 0.3) is 0 Å². The molecule has 0 heterocycles. The van der Waals surface area contributed by atoms with E-state index in [4.69, 9.17) is 0 Å². The Labute approximate surface area is 119 Å². The van der Waals surface area contributed by atoms with Crippen LogP contribution in [0.15, 0.2) is 24.3 Å². The van der Waals surface area contributed by atoms with Gasteiger partial charge >= 0.3 is 0 Å². The molecule has 0 saturated heterocycles. The van der Waals surface area contributed by atoms with Crippen LogP contribution >= 0.6 is 0 Å². The molecule has 2 atom stereocenters. The standard InChI is InChI=1S/C18H30O/c1-5-7-8-16(6-2)18(19)17-11-9-15(10-12-17)13-14(3)4/h9-12,14,16,18-19H,5-8,13H2,1-4H3. The number of aliphatic hydroxyl groups is 1. The van der Waals surface area contributed by atoms with Crippen LogP contribution in [0.5, 0.6) is 0 Å². The molecular formula is C18H30O. The molecule has 0 saturated carbocycles. The molecule has 19 heavy (non-hydrogen) atoms. The molecule has 0 aliphatic carbocycles. The number of hydrogen-bond donors (Lipinski definition) is 1. The lowest BCUT2D eigenvalue weighted by Crippen LogP contribution is -2.12. The fraction of sp³-hybridized carbons (Fsp3) is 0.667. The third-order valence-electron chi connectivity index (χ3n) is 3.86. The second-order valence-corrected chi connectivity index (χ2v) is 6.09. The summed E-state index contributed by atoms with van der Waals surface area (Å²) in [6.45, 7) is 8.86. The lowest BCUT2D eigenvalue weighted by molar-refractivity contribution is 0.0989. The fourth-order valence-electron chi connectivity index (χ4n) is 2.65. The van der Waals surface area contributed by atoms with Gasteiger partial charge < -0.3 is 5.11 Å². The van der Waals surface area contributed by atoms with Gasteiger partial charge in [0.2, 0.25) is 0 Å². The zero-order valence-electron chi connectivity index (χ0n) is 13.0. The zero-order valence-corrected chi connectivity index (χ0v) is 13.0. The Hall–Kier alpha value is -0.820. The number of benzene rings is 1. The van der Waals surface area contributed by atoms with Crippen LogP contribution in [0.1, 0.15) is 70.6 Å². The highest BCUT2D eigenvalue weighted by Crippen LogP contribution is 2.29. The normalized spacial score (nSPS) is 14.6. The number of aliphatic hydroxyl groups excluding tert-OH is 1. The molecule has 0 radical (unpaired) electrons. The predicted octanol–water partition coefficient (Wildman–Crippen LogP) is 5.13. The topological polar surface area (TPSA) is 20.2 Å². The van der Waals surface area contributed by atoms with Crippen LogP contribution in [0.2, 0.25) is 0 Å². The average Bonchev–Trinajstić information content (AvgIpc) is 2.39. The minimum atomic E-state index is -0.301. The largest absolute Gasteiger partial charge is 0.388 e. The van der Waals surface area contributed by atoms with Gasteiger partial charge in [-0.15, -0.1) is 0 Å². The Kier molecular flexibility index (Phi) is 7.15. The van der Waals surface area contributed by atoms with Gasteiger partial charge in [-0.25, -0.2) is 0 Å². The highest BCUT2D eigenvalue weighted by Gasteiger charge is 2.18. The van der Waals surface area contributed by atoms with Gasteiger partial charge in [-0.05, 0) is 35.8 Å². The van der Waals surface area contributed by atoms with E-state index < -0.39 is 0 Å². The fourth-order valence-corrected chi connectivity index (χ4v) is 2.65. The predicted molar refractivity (Wildman–Crippen MR) is 83.2 cm³/mol. The molecule has 0 aliphatic rings.